The van der Waals surface area contributed by atoms with Crippen molar-refractivity contribution < 1.29 is 4.92 Å². The molecule has 0 atom stereocenters. The van der Waals surface area contributed by atoms with Crippen LogP contribution in [0.25, 0.3) is 0 Å². The Balaban J connectivity index is 2.10. The van der Waals surface area contributed by atoms with Crippen molar-refractivity contribution >= 4 is 28.8 Å². The Morgan fingerprint density at radius 2 is 2.21 bits per heavy atom. The third-order valence-corrected chi connectivity index (χ3v) is 3.34. The van der Waals surface area contributed by atoms with Gasteiger partial charge in [0.1, 0.15) is 6.20 Å². The zero-order chi connectivity index (χ0) is 14.0. The molecule has 0 radical (unpaired) electrons. The minimum absolute atomic E-state index is 0.159. The SMILES string of the molecule is Cc1nc(CNc2ncc([N+](=O)[O-])c(N)n2)c(C)s1. The van der Waals surface area contributed by atoms with Gasteiger partial charge in [-0.2, -0.15) is 4.98 Å². The molecule has 2 rings (SSSR count). The van der Waals surface area contributed by atoms with Gasteiger partial charge in [0.15, 0.2) is 0 Å². The Bertz CT molecular complexity index is 626. The van der Waals surface area contributed by atoms with Crippen LogP contribution in [0.1, 0.15) is 15.6 Å². The number of rotatable bonds is 4. The minimum Gasteiger partial charge on any atom is -0.378 e. The predicted molar refractivity (Wildman–Crippen MR) is 72.0 cm³/mol. The summed E-state index contributed by atoms with van der Waals surface area (Å²) in [6, 6.07) is 0. The van der Waals surface area contributed by atoms with Crippen molar-refractivity contribution in [2.75, 3.05) is 11.1 Å². The molecule has 0 saturated heterocycles. The molecule has 0 unspecified atom stereocenters. The average Bonchev–Trinajstić information content (AvgIpc) is 2.65. The second-order valence-electron chi connectivity index (χ2n) is 3.81. The number of nitrogens with two attached hydrogens (primary N) is 1. The summed E-state index contributed by atoms with van der Waals surface area (Å²) in [5, 5.41) is 14.5. The largest absolute Gasteiger partial charge is 0.378 e. The number of nitrogens with one attached hydrogen (secondary N) is 1. The Hall–Kier alpha value is -2.29. The maximum atomic E-state index is 10.6. The first-order valence-corrected chi connectivity index (χ1v) is 6.22. The lowest BCUT2D eigenvalue weighted by Gasteiger charge is -2.04. The molecule has 9 heteroatoms. The summed E-state index contributed by atoms with van der Waals surface area (Å²) in [7, 11) is 0. The number of hydrogen-bond acceptors (Lipinski definition) is 8. The van der Waals surface area contributed by atoms with Gasteiger partial charge in [0.05, 0.1) is 22.2 Å². The topological polar surface area (TPSA) is 120 Å². The number of nitro groups is 1. The Morgan fingerprint density at radius 3 is 2.74 bits per heavy atom. The fraction of sp³-hybridized carbons (Fsp3) is 0.300. The molecule has 0 fully saturated rings. The fourth-order valence-electron chi connectivity index (χ4n) is 1.51. The molecule has 0 aromatic carbocycles. The van der Waals surface area contributed by atoms with Crippen LogP contribution in [0, 0.1) is 24.0 Å². The van der Waals surface area contributed by atoms with E-state index in [2.05, 4.69) is 20.3 Å². The number of thiazole rings is 1. The monoisotopic (exact) mass is 280 g/mol. The van der Waals surface area contributed by atoms with Crippen molar-refractivity contribution in [3.05, 3.63) is 31.9 Å². The van der Waals surface area contributed by atoms with E-state index >= 15 is 0 Å². The number of aromatic nitrogens is 3. The van der Waals surface area contributed by atoms with Crippen molar-refractivity contribution in [1.82, 2.24) is 15.0 Å². The Kier molecular flexibility index (Phi) is 3.56. The van der Waals surface area contributed by atoms with Crippen molar-refractivity contribution in [2.24, 2.45) is 0 Å². The van der Waals surface area contributed by atoms with E-state index in [0.717, 1.165) is 21.8 Å². The second-order valence-corrected chi connectivity index (χ2v) is 5.22. The van der Waals surface area contributed by atoms with E-state index in [0.29, 0.717) is 6.54 Å². The van der Waals surface area contributed by atoms with Crippen molar-refractivity contribution in [1.29, 1.82) is 0 Å². The summed E-state index contributed by atoms with van der Waals surface area (Å²) in [5.41, 5.74) is 6.08. The maximum absolute atomic E-state index is 10.6. The van der Waals surface area contributed by atoms with E-state index in [1.54, 1.807) is 11.3 Å². The molecule has 0 aliphatic rings. The van der Waals surface area contributed by atoms with Gasteiger partial charge in [-0.1, -0.05) is 0 Å². The van der Waals surface area contributed by atoms with E-state index < -0.39 is 4.92 Å². The number of hydrogen-bond donors (Lipinski definition) is 2. The number of aryl methyl sites for hydroxylation is 2. The van der Waals surface area contributed by atoms with Crippen molar-refractivity contribution in [3.8, 4) is 0 Å². The number of nitrogens with zero attached hydrogens (tertiary/aromatic N) is 4. The van der Waals surface area contributed by atoms with Crippen LogP contribution < -0.4 is 11.1 Å². The maximum Gasteiger partial charge on any atom is 0.329 e. The van der Waals surface area contributed by atoms with Crippen LogP contribution in [-0.2, 0) is 6.54 Å². The van der Waals surface area contributed by atoms with Gasteiger partial charge >= 0.3 is 5.69 Å². The lowest BCUT2D eigenvalue weighted by molar-refractivity contribution is -0.384. The van der Waals surface area contributed by atoms with Gasteiger partial charge in [0.25, 0.3) is 0 Å². The lowest BCUT2D eigenvalue weighted by atomic mass is 10.4. The molecule has 0 saturated carbocycles. The summed E-state index contributed by atoms with van der Waals surface area (Å²) in [6.07, 6.45) is 1.09. The van der Waals surface area contributed by atoms with Crippen LogP contribution in [-0.4, -0.2) is 19.9 Å². The quantitative estimate of drug-likeness (QED) is 0.645. The third kappa shape index (κ3) is 2.94. The first kappa shape index (κ1) is 13.1. The predicted octanol–water partition coefficient (Wildman–Crippen LogP) is 1.65. The highest BCUT2D eigenvalue weighted by Gasteiger charge is 2.14. The van der Waals surface area contributed by atoms with E-state index in [1.807, 2.05) is 13.8 Å². The van der Waals surface area contributed by atoms with Crippen molar-refractivity contribution in [2.45, 2.75) is 20.4 Å². The molecule has 0 bridgehead atoms. The molecule has 100 valence electrons. The Labute approximate surface area is 112 Å². The smallest absolute Gasteiger partial charge is 0.329 e. The fourth-order valence-corrected chi connectivity index (χ4v) is 2.35. The van der Waals surface area contributed by atoms with E-state index in [9.17, 15) is 10.1 Å². The zero-order valence-corrected chi connectivity index (χ0v) is 11.2. The summed E-state index contributed by atoms with van der Waals surface area (Å²) in [5.74, 6) is 0.0850. The van der Waals surface area contributed by atoms with E-state index in [-0.39, 0.29) is 17.5 Å². The summed E-state index contributed by atoms with van der Waals surface area (Å²) < 4.78 is 0. The first-order valence-electron chi connectivity index (χ1n) is 5.41. The highest BCUT2D eigenvalue weighted by molar-refractivity contribution is 7.11. The number of anilines is 2. The van der Waals surface area contributed by atoms with Gasteiger partial charge < -0.3 is 11.1 Å². The average molecular weight is 280 g/mol. The summed E-state index contributed by atoms with van der Waals surface area (Å²) in [4.78, 5) is 23.1. The summed E-state index contributed by atoms with van der Waals surface area (Å²) >= 11 is 1.61. The molecule has 2 aromatic heterocycles. The van der Waals surface area contributed by atoms with Gasteiger partial charge in [-0.05, 0) is 13.8 Å². The molecule has 0 amide bonds. The van der Waals surface area contributed by atoms with E-state index in [4.69, 9.17) is 5.73 Å². The minimum atomic E-state index is -0.618. The van der Waals surface area contributed by atoms with Crippen LogP contribution in [0.15, 0.2) is 6.20 Å². The van der Waals surface area contributed by atoms with Gasteiger partial charge in [0.2, 0.25) is 11.8 Å². The van der Waals surface area contributed by atoms with Crippen molar-refractivity contribution in [3.63, 3.8) is 0 Å². The van der Waals surface area contributed by atoms with Crippen LogP contribution in [0.2, 0.25) is 0 Å². The molecule has 3 N–H and O–H groups in total. The Morgan fingerprint density at radius 1 is 1.47 bits per heavy atom. The van der Waals surface area contributed by atoms with Gasteiger partial charge in [0, 0.05) is 4.88 Å². The molecule has 0 aliphatic heterocycles. The van der Waals surface area contributed by atoms with Crippen LogP contribution in [0.4, 0.5) is 17.5 Å². The highest BCUT2D eigenvalue weighted by Crippen LogP contribution is 2.20. The summed E-state index contributed by atoms with van der Waals surface area (Å²) in [6.45, 7) is 4.36. The molecule has 0 aliphatic carbocycles. The molecule has 19 heavy (non-hydrogen) atoms. The van der Waals surface area contributed by atoms with Crippen LogP contribution in [0.5, 0.6) is 0 Å². The standard InChI is InChI=1S/C10H12N6O2S/c1-5-7(14-6(2)19-5)3-12-10-13-4-8(16(17)18)9(11)15-10/h4H,3H2,1-2H3,(H3,11,12,13,15). The highest BCUT2D eigenvalue weighted by atomic mass is 32.1. The molecule has 0 spiro atoms. The van der Waals surface area contributed by atoms with Gasteiger partial charge in [-0.25, -0.2) is 9.97 Å². The molecular weight excluding hydrogens is 268 g/mol. The number of nitrogen functional groups attached to an aromatic ring is 1. The molecule has 2 heterocycles. The normalized spacial score (nSPS) is 10.4. The zero-order valence-electron chi connectivity index (χ0n) is 10.4. The molecular formula is C10H12N6O2S. The van der Waals surface area contributed by atoms with Crippen LogP contribution >= 0.6 is 11.3 Å². The van der Waals surface area contributed by atoms with Gasteiger partial charge in [-0.3, -0.25) is 10.1 Å². The van der Waals surface area contributed by atoms with Crippen LogP contribution in [0.3, 0.4) is 0 Å². The van der Waals surface area contributed by atoms with Gasteiger partial charge in [-0.15, -0.1) is 11.3 Å². The molecule has 8 nitrogen and oxygen atoms in total. The molecule has 2 aromatic rings. The van der Waals surface area contributed by atoms with E-state index in [1.165, 1.54) is 0 Å². The first-order chi connectivity index (χ1) is 8.97. The second kappa shape index (κ2) is 5.14. The third-order valence-electron chi connectivity index (χ3n) is 2.41. The lowest BCUT2D eigenvalue weighted by Crippen LogP contribution is -2.07.